The van der Waals surface area contributed by atoms with Crippen molar-refractivity contribution in [3.05, 3.63) is 30.1 Å². The summed E-state index contributed by atoms with van der Waals surface area (Å²) in [6.07, 6.45) is 3.73. The average molecular weight is 429 g/mol. The van der Waals surface area contributed by atoms with E-state index in [0.29, 0.717) is 23.2 Å². The highest BCUT2D eigenvalue weighted by molar-refractivity contribution is 5.89. The van der Waals surface area contributed by atoms with Gasteiger partial charge in [0.2, 0.25) is 0 Å². The number of methoxy groups -OCH3 is 2. The maximum atomic E-state index is 12.4. The number of aryl methyl sites for hydroxylation is 1. The lowest BCUT2D eigenvalue weighted by atomic mass is 9.91. The van der Waals surface area contributed by atoms with E-state index < -0.39 is 0 Å². The molecular weight excluding hydrogens is 396 g/mol. The first-order valence-electron chi connectivity index (χ1n) is 10.5. The third-order valence-electron chi connectivity index (χ3n) is 5.34. The van der Waals surface area contributed by atoms with Crippen molar-refractivity contribution in [3.63, 3.8) is 0 Å². The zero-order valence-corrected chi connectivity index (χ0v) is 18.9. The molecule has 2 aromatic rings. The van der Waals surface area contributed by atoms with Gasteiger partial charge in [0.1, 0.15) is 17.5 Å². The van der Waals surface area contributed by atoms with Crippen molar-refractivity contribution in [1.82, 2.24) is 15.3 Å². The van der Waals surface area contributed by atoms with Crippen LogP contribution in [0.4, 0.5) is 22.1 Å². The first-order valence-corrected chi connectivity index (χ1v) is 10.5. The highest BCUT2D eigenvalue weighted by atomic mass is 16.5. The van der Waals surface area contributed by atoms with E-state index in [1.165, 1.54) is 0 Å². The summed E-state index contributed by atoms with van der Waals surface area (Å²) in [6, 6.07) is 7.51. The predicted molar refractivity (Wildman–Crippen MR) is 122 cm³/mol. The van der Waals surface area contributed by atoms with E-state index in [-0.39, 0.29) is 12.1 Å². The minimum absolute atomic E-state index is 0.141. The molecule has 1 aliphatic carbocycles. The molecule has 3 N–H and O–H groups in total. The second-order valence-electron chi connectivity index (χ2n) is 7.91. The molecule has 1 aliphatic rings. The fraction of sp³-hybridized carbons (Fsp3) is 0.500. The summed E-state index contributed by atoms with van der Waals surface area (Å²) in [4.78, 5) is 23.3. The number of aromatic nitrogens is 2. The molecule has 9 nitrogen and oxygen atoms in total. The first kappa shape index (κ1) is 22.5. The Morgan fingerprint density at radius 3 is 2.32 bits per heavy atom. The van der Waals surface area contributed by atoms with E-state index in [4.69, 9.17) is 9.47 Å². The summed E-state index contributed by atoms with van der Waals surface area (Å²) in [5.41, 5.74) is 0.654. The van der Waals surface area contributed by atoms with Gasteiger partial charge in [-0.05, 0) is 44.7 Å². The van der Waals surface area contributed by atoms with Gasteiger partial charge in [-0.15, -0.1) is 0 Å². The van der Waals surface area contributed by atoms with Crippen LogP contribution in [0, 0.1) is 6.92 Å². The Labute approximate surface area is 183 Å². The topological polar surface area (TPSA) is 101 Å². The minimum atomic E-state index is -0.217. The van der Waals surface area contributed by atoms with Crippen molar-refractivity contribution in [1.29, 1.82) is 0 Å². The highest BCUT2D eigenvalue weighted by Crippen LogP contribution is 2.30. The molecule has 1 saturated carbocycles. The molecule has 0 radical (unpaired) electrons. The summed E-state index contributed by atoms with van der Waals surface area (Å²) in [5, 5.41) is 9.46. The fourth-order valence-corrected chi connectivity index (χ4v) is 3.71. The van der Waals surface area contributed by atoms with Crippen LogP contribution in [0.15, 0.2) is 24.3 Å². The Kier molecular flexibility index (Phi) is 7.38. The number of hydrogen-bond acceptors (Lipinski definition) is 7. The van der Waals surface area contributed by atoms with Gasteiger partial charge in [-0.1, -0.05) is 0 Å². The van der Waals surface area contributed by atoms with E-state index in [0.717, 1.165) is 43.1 Å². The van der Waals surface area contributed by atoms with Crippen LogP contribution >= 0.6 is 0 Å². The van der Waals surface area contributed by atoms with Gasteiger partial charge in [0.15, 0.2) is 11.5 Å². The van der Waals surface area contributed by atoms with Gasteiger partial charge < -0.3 is 30.3 Å². The number of amides is 2. The number of ether oxygens (including phenoxy) is 2. The Bertz CT molecular complexity index is 897. The largest absolute Gasteiger partial charge is 0.493 e. The second kappa shape index (κ2) is 10.2. The van der Waals surface area contributed by atoms with Crippen LogP contribution in [0.1, 0.15) is 31.5 Å². The van der Waals surface area contributed by atoms with E-state index in [1.807, 2.05) is 32.0 Å². The molecule has 1 aromatic heterocycles. The third kappa shape index (κ3) is 6.13. The molecule has 1 fully saturated rings. The summed E-state index contributed by atoms with van der Waals surface area (Å²) in [6.45, 7) is 1.90. The number of carbonyl (C=O) groups is 1. The van der Waals surface area contributed by atoms with Crippen molar-refractivity contribution in [2.45, 2.75) is 44.7 Å². The van der Waals surface area contributed by atoms with E-state index in [2.05, 4.69) is 25.9 Å². The zero-order valence-electron chi connectivity index (χ0n) is 18.9. The van der Waals surface area contributed by atoms with Crippen molar-refractivity contribution >= 4 is 23.4 Å². The maximum Gasteiger partial charge on any atom is 0.319 e. The number of anilines is 3. The molecule has 0 spiro atoms. The lowest BCUT2D eigenvalue weighted by molar-refractivity contribution is 0.243. The number of benzene rings is 1. The van der Waals surface area contributed by atoms with Crippen molar-refractivity contribution in [3.8, 4) is 11.5 Å². The normalized spacial score (nSPS) is 18.1. The molecule has 1 aromatic carbocycles. The van der Waals surface area contributed by atoms with Crippen LogP contribution in [0.25, 0.3) is 0 Å². The van der Waals surface area contributed by atoms with Crippen LogP contribution in [0.2, 0.25) is 0 Å². The van der Waals surface area contributed by atoms with Crippen LogP contribution in [0.5, 0.6) is 11.5 Å². The number of nitrogens with zero attached hydrogens (tertiary/aromatic N) is 3. The summed E-state index contributed by atoms with van der Waals surface area (Å²) in [5.74, 6) is 3.67. The Morgan fingerprint density at radius 2 is 1.68 bits per heavy atom. The molecule has 3 rings (SSSR count). The van der Waals surface area contributed by atoms with Gasteiger partial charge in [0, 0.05) is 44.0 Å². The van der Waals surface area contributed by atoms with Crippen LogP contribution in [0.3, 0.4) is 0 Å². The smallest absolute Gasteiger partial charge is 0.319 e. The lowest BCUT2D eigenvalue weighted by Gasteiger charge is -2.30. The summed E-state index contributed by atoms with van der Waals surface area (Å²) >= 11 is 0. The molecule has 0 saturated heterocycles. The fourth-order valence-electron chi connectivity index (χ4n) is 3.71. The quantitative estimate of drug-likeness (QED) is 0.621. The Balaban J connectivity index is 1.48. The third-order valence-corrected chi connectivity index (χ3v) is 5.34. The first-order chi connectivity index (χ1) is 14.9. The molecular formula is C22H32N6O3. The van der Waals surface area contributed by atoms with Gasteiger partial charge in [0.05, 0.1) is 14.2 Å². The SMILES string of the molecule is COc1ccc(NC(=O)NC2CCC(Nc3cc(N(C)C)nc(C)n3)CC2)cc1OC. The molecule has 0 atom stereocenters. The molecule has 1 heterocycles. The molecule has 0 unspecified atom stereocenters. The predicted octanol–water partition coefficient (Wildman–Crippen LogP) is 3.41. The van der Waals surface area contributed by atoms with Gasteiger partial charge in [-0.3, -0.25) is 0 Å². The van der Waals surface area contributed by atoms with E-state index in [9.17, 15) is 4.79 Å². The Morgan fingerprint density at radius 1 is 1.00 bits per heavy atom. The monoisotopic (exact) mass is 428 g/mol. The number of hydrogen-bond donors (Lipinski definition) is 3. The van der Waals surface area contributed by atoms with Crippen LogP contribution < -0.4 is 30.3 Å². The molecule has 0 bridgehead atoms. The molecule has 2 amide bonds. The number of urea groups is 1. The second-order valence-corrected chi connectivity index (χ2v) is 7.91. The molecule has 0 aliphatic heterocycles. The molecule has 9 heteroatoms. The van der Waals surface area contributed by atoms with Crippen LogP contribution in [-0.4, -0.2) is 56.4 Å². The number of carbonyl (C=O) groups excluding carboxylic acids is 1. The standard InChI is InChI=1S/C22H32N6O3/c1-14-23-20(13-21(24-14)28(2)3)25-15-6-8-16(9-7-15)26-22(29)27-17-10-11-18(30-4)19(12-17)31-5/h10-13,15-16H,6-9H2,1-5H3,(H,23,24,25)(H2,26,27,29). The number of nitrogens with one attached hydrogen (secondary N) is 3. The highest BCUT2D eigenvalue weighted by Gasteiger charge is 2.23. The van der Waals surface area contributed by atoms with Crippen molar-refractivity contribution in [2.75, 3.05) is 43.8 Å². The summed E-state index contributed by atoms with van der Waals surface area (Å²) < 4.78 is 10.5. The van der Waals surface area contributed by atoms with E-state index in [1.54, 1.807) is 32.4 Å². The minimum Gasteiger partial charge on any atom is -0.493 e. The zero-order chi connectivity index (χ0) is 22.4. The molecule has 168 valence electrons. The van der Waals surface area contributed by atoms with E-state index >= 15 is 0 Å². The summed E-state index contributed by atoms with van der Waals surface area (Å²) in [7, 11) is 7.08. The molecule has 31 heavy (non-hydrogen) atoms. The number of rotatable bonds is 7. The van der Waals surface area contributed by atoms with Gasteiger partial charge in [-0.2, -0.15) is 0 Å². The van der Waals surface area contributed by atoms with Gasteiger partial charge in [0.25, 0.3) is 0 Å². The van der Waals surface area contributed by atoms with Crippen LogP contribution in [-0.2, 0) is 0 Å². The lowest BCUT2D eigenvalue weighted by Crippen LogP contribution is -2.42. The Hall–Kier alpha value is -3.23. The van der Waals surface area contributed by atoms with Gasteiger partial charge >= 0.3 is 6.03 Å². The van der Waals surface area contributed by atoms with Crippen molar-refractivity contribution < 1.29 is 14.3 Å². The van der Waals surface area contributed by atoms with Gasteiger partial charge in [-0.25, -0.2) is 14.8 Å². The van der Waals surface area contributed by atoms with Crippen molar-refractivity contribution in [2.24, 2.45) is 0 Å². The average Bonchev–Trinajstić information content (AvgIpc) is 2.74. The maximum absolute atomic E-state index is 12.4.